The minimum atomic E-state index is -1.09. The van der Waals surface area contributed by atoms with Crippen LogP contribution in [0.2, 0.25) is 5.02 Å². The lowest BCUT2D eigenvalue weighted by molar-refractivity contribution is 0.0697. The highest BCUT2D eigenvalue weighted by molar-refractivity contribution is 6.33. The fourth-order valence-electron chi connectivity index (χ4n) is 2.22. The van der Waals surface area contributed by atoms with Crippen LogP contribution >= 0.6 is 11.6 Å². The Labute approximate surface area is 128 Å². The molecule has 1 fully saturated rings. The van der Waals surface area contributed by atoms with E-state index in [1.807, 2.05) is 7.05 Å². The van der Waals surface area contributed by atoms with Crippen molar-refractivity contribution in [2.45, 2.75) is 6.42 Å². The summed E-state index contributed by atoms with van der Waals surface area (Å²) in [5.74, 6) is -1.09. The highest BCUT2D eigenvalue weighted by atomic mass is 35.5. The van der Waals surface area contributed by atoms with Gasteiger partial charge in [-0.05, 0) is 38.2 Å². The number of benzene rings is 1. The lowest BCUT2D eigenvalue weighted by Crippen LogP contribution is -2.37. The maximum Gasteiger partial charge on any atom is 0.337 e. The Kier molecular flexibility index (Phi) is 5.03. The van der Waals surface area contributed by atoms with E-state index in [1.165, 1.54) is 18.2 Å². The molecule has 114 valence electrons. The van der Waals surface area contributed by atoms with Gasteiger partial charge in [0.2, 0.25) is 0 Å². The number of nitrogens with one attached hydrogen (secondary N) is 1. The van der Waals surface area contributed by atoms with Crippen LogP contribution in [0.4, 0.5) is 10.5 Å². The van der Waals surface area contributed by atoms with Gasteiger partial charge >= 0.3 is 12.0 Å². The van der Waals surface area contributed by atoms with Gasteiger partial charge in [-0.3, -0.25) is 0 Å². The quantitative estimate of drug-likeness (QED) is 0.878. The summed E-state index contributed by atoms with van der Waals surface area (Å²) in [5, 5.41) is 11.8. The number of nitrogens with zero attached hydrogens (tertiary/aromatic N) is 2. The number of amides is 2. The molecule has 0 spiro atoms. The minimum Gasteiger partial charge on any atom is -0.478 e. The molecule has 2 rings (SSSR count). The molecule has 1 aliphatic heterocycles. The first-order valence-corrected chi connectivity index (χ1v) is 7.12. The Bertz CT molecular complexity index is 550. The Hall–Kier alpha value is -1.79. The Morgan fingerprint density at radius 1 is 1.24 bits per heavy atom. The van der Waals surface area contributed by atoms with Crippen molar-refractivity contribution >= 4 is 29.3 Å². The van der Waals surface area contributed by atoms with Gasteiger partial charge in [0.05, 0.1) is 10.6 Å². The molecular formula is C14H18ClN3O3. The molecule has 0 radical (unpaired) electrons. The maximum atomic E-state index is 12.2. The van der Waals surface area contributed by atoms with Gasteiger partial charge in [-0.1, -0.05) is 11.6 Å². The summed E-state index contributed by atoms with van der Waals surface area (Å²) in [6.45, 7) is 3.19. The molecule has 1 aliphatic rings. The second-order valence-corrected chi connectivity index (χ2v) is 5.48. The van der Waals surface area contributed by atoms with E-state index in [1.54, 1.807) is 4.90 Å². The van der Waals surface area contributed by atoms with E-state index >= 15 is 0 Å². The molecule has 0 unspecified atom stereocenters. The summed E-state index contributed by atoms with van der Waals surface area (Å²) >= 11 is 5.89. The van der Waals surface area contributed by atoms with Crippen molar-refractivity contribution in [1.82, 2.24) is 9.80 Å². The molecule has 7 heteroatoms. The zero-order valence-corrected chi connectivity index (χ0v) is 12.6. The van der Waals surface area contributed by atoms with Crippen LogP contribution in [0.3, 0.4) is 0 Å². The van der Waals surface area contributed by atoms with E-state index in [4.69, 9.17) is 16.7 Å². The summed E-state index contributed by atoms with van der Waals surface area (Å²) in [6, 6.07) is 4.19. The number of rotatable bonds is 2. The van der Waals surface area contributed by atoms with Crippen LogP contribution in [0.15, 0.2) is 18.2 Å². The smallest absolute Gasteiger partial charge is 0.337 e. The van der Waals surface area contributed by atoms with E-state index in [9.17, 15) is 9.59 Å². The van der Waals surface area contributed by atoms with E-state index in [0.29, 0.717) is 18.8 Å². The minimum absolute atomic E-state index is 0.0195. The van der Waals surface area contributed by atoms with Crippen molar-refractivity contribution < 1.29 is 14.7 Å². The predicted octanol–water partition coefficient (Wildman–Crippen LogP) is 2.21. The van der Waals surface area contributed by atoms with Crippen LogP contribution in [-0.4, -0.2) is 60.1 Å². The van der Waals surface area contributed by atoms with Crippen molar-refractivity contribution in [1.29, 1.82) is 0 Å². The molecular weight excluding hydrogens is 294 g/mol. The number of hydrogen-bond acceptors (Lipinski definition) is 3. The zero-order chi connectivity index (χ0) is 15.4. The second-order valence-electron chi connectivity index (χ2n) is 5.07. The third-order valence-electron chi connectivity index (χ3n) is 3.46. The van der Waals surface area contributed by atoms with Crippen LogP contribution in [-0.2, 0) is 0 Å². The van der Waals surface area contributed by atoms with Gasteiger partial charge in [0.1, 0.15) is 0 Å². The first-order chi connectivity index (χ1) is 9.97. The summed E-state index contributed by atoms with van der Waals surface area (Å²) in [5.41, 5.74) is 0.513. The molecule has 0 bridgehead atoms. The fraction of sp³-hybridized carbons (Fsp3) is 0.429. The lowest BCUT2D eigenvalue weighted by atomic mass is 10.2. The second kappa shape index (κ2) is 6.78. The fourth-order valence-corrected chi connectivity index (χ4v) is 2.48. The van der Waals surface area contributed by atoms with Gasteiger partial charge in [-0.2, -0.15) is 0 Å². The number of carbonyl (C=O) groups is 2. The van der Waals surface area contributed by atoms with Gasteiger partial charge in [0.25, 0.3) is 0 Å². The topological polar surface area (TPSA) is 72.9 Å². The molecule has 6 nitrogen and oxygen atoms in total. The predicted molar refractivity (Wildman–Crippen MR) is 81.1 cm³/mol. The number of halogens is 1. The van der Waals surface area contributed by atoms with Crippen LogP contribution in [0, 0.1) is 0 Å². The summed E-state index contributed by atoms with van der Waals surface area (Å²) < 4.78 is 0. The highest BCUT2D eigenvalue weighted by Crippen LogP contribution is 2.21. The van der Waals surface area contributed by atoms with Crippen molar-refractivity contribution in [3.05, 3.63) is 28.8 Å². The van der Waals surface area contributed by atoms with Crippen molar-refractivity contribution in [2.75, 3.05) is 38.5 Å². The third-order valence-corrected chi connectivity index (χ3v) is 3.77. The number of carboxylic acids is 1. The summed E-state index contributed by atoms with van der Waals surface area (Å²) in [7, 11) is 2.03. The normalized spacial score (nSPS) is 16.4. The van der Waals surface area contributed by atoms with E-state index < -0.39 is 5.97 Å². The molecule has 0 atom stereocenters. The number of anilines is 1. The maximum absolute atomic E-state index is 12.2. The molecule has 0 saturated carbocycles. The number of urea groups is 1. The number of aromatic carboxylic acids is 1. The lowest BCUT2D eigenvalue weighted by Gasteiger charge is -2.21. The van der Waals surface area contributed by atoms with Crippen LogP contribution in [0.1, 0.15) is 16.8 Å². The van der Waals surface area contributed by atoms with Gasteiger partial charge in [-0.25, -0.2) is 9.59 Å². The van der Waals surface area contributed by atoms with Crippen LogP contribution in [0.25, 0.3) is 0 Å². The molecule has 0 aliphatic carbocycles. The van der Waals surface area contributed by atoms with E-state index in [2.05, 4.69) is 10.2 Å². The Balaban J connectivity index is 2.02. The monoisotopic (exact) mass is 311 g/mol. The standard InChI is InChI=1S/C14H18ClN3O3/c1-17-5-2-6-18(8-7-17)14(21)16-10-3-4-11(13(19)20)12(15)9-10/h3-4,9H,2,5-8H2,1H3,(H,16,21)(H,19,20). The average Bonchev–Trinajstić information content (AvgIpc) is 2.63. The molecule has 1 saturated heterocycles. The largest absolute Gasteiger partial charge is 0.478 e. The molecule has 0 aromatic heterocycles. The molecule has 1 heterocycles. The van der Waals surface area contributed by atoms with E-state index in [0.717, 1.165) is 19.5 Å². The molecule has 1 aromatic rings. The molecule has 2 amide bonds. The Morgan fingerprint density at radius 3 is 2.67 bits per heavy atom. The number of likely N-dealkylation sites (N-methyl/N-ethyl adjacent to an activating group) is 1. The van der Waals surface area contributed by atoms with Crippen molar-refractivity contribution in [3.8, 4) is 0 Å². The zero-order valence-electron chi connectivity index (χ0n) is 11.8. The van der Waals surface area contributed by atoms with Crippen LogP contribution in [0.5, 0.6) is 0 Å². The molecule has 21 heavy (non-hydrogen) atoms. The average molecular weight is 312 g/mol. The first-order valence-electron chi connectivity index (χ1n) is 6.74. The number of carboxylic acid groups (broad SMARTS) is 1. The van der Waals surface area contributed by atoms with Crippen LogP contribution < -0.4 is 5.32 Å². The van der Waals surface area contributed by atoms with Crippen molar-refractivity contribution in [2.24, 2.45) is 0 Å². The summed E-state index contributed by atoms with van der Waals surface area (Å²) in [4.78, 5) is 27.0. The van der Waals surface area contributed by atoms with Gasteiger partial charge < -0.3 is 20.2 Å². The SMILES string of the molecule is CN1CCCN(C(=O)Nc2ccc(C(=O)O)c(Cl)c2)CC1. The van der Waals surface area contributed by atoms with Gasteiger partial charge in [0.15, 0.2) is 0 Å². The first kappa shape index (κ1) is 15.6. The molecule has 2 N–H and O–H groups in total. The van der Waals surface area contributed by atoms with Gasteiger partial charge in [-0.15, -0.1) is 0 Å². The molecule has 1 aromatic carbocycles. The number of carbonyl (C=O) groups excluding carboxylic acids is 1. The van der Waals surface area contributed by atoms with Gasteiger partial charge in [0, 0.05) is 25.3 Å². The Morgan fingerprint density at radius 2 is 2.00 bits per heavy atom. The van der Waals surface area contributed by atoms with E-state index in [-0.39, 0.29) is 16.6 Å². The van der Waals surface area contributed by atoms with Crippen molar-refractivity contribution in [3.63, 3.8) is 0 Å². The summed E-state index contributed by atoms with van der Waals surface area (Å²) in [6.07, 6.45) is 0.933. The highest BCUT2D eigenvalue weighted by Gasteiger charge is 2.18. The number of hydrogen-bond donors (Lipinski definition) is 2. The third kappa shape index (κ3) is 4.09.